The fourth-order valence-electron chi connectivity index (χ4n) is 3.46. The molecule has 1 unspecified atom stereocenters. The smallest absolute Gasteiger partial charge is 0.262 e. The Morgan fingerprint density at radius 1 is 0.919 bits per heavy atom. The number of carbonyl (C=O) groups excluding carboxylic acids is 1. The Kier molecular flexibility index (Phi) is 8.57. The van der Waals surface area contributed by atoms with Crippen LogP contribution in [-0.4, -0.2) is 49.3 Å². The third-order valence-corrected chi connectivity index (χ3v) is 8.13. The summed E-state index contributed by atoms with van der Waals surface area (Å²) in [6.45, 7) is 1.44. The molecular formula is C24H26ClN3O7S2. The molecule has 37 heavy (non-hydrogen) atoms. The van der Waals surface area contributed by atoms with Gasteiger partial charge in [0, 0.05) is 16.8 Å². The molecule has 1 amide bonds. The van der Waals surface area contributed by atoms with Crippen LogP contribution in [0.15, 0.2) is 71.6 Å². The summed E-state index contributed by atoms with van der Waals surface area (Å²) < 4.78 is 64.5. The fourth-order valence-corrected chi connectivity index (χ4v) is 5.82. The minimum absolute atomic E-state index is 0.0673. The van der Waals surface area contributed by atoms with Gasteiger partial charge in [-0.1, -0.05) is 11.6 Å². The summed E-state index contributed by atoms with van der Waals surface area (Å²) >= 11 is 5.89. The molecule has 0 radical (unpaired) electrons. The summed E-state index contributed by atoms with van der Waals surface area (Å²) in [5.41, 5.74) is 0.741. The summed E-state index contributed by atoms with van der Waals surface area (Å²) in [6.07, 6.45) is 0.995. The summed E-state index contributed by atoms with van der Waals surface area (Å²) in [4.78, 5) is 12.8. The minimum atomic E-state index is -4.00. The van der Waals surface area contributed by atoms with E-state index in [-0.39, 0.29) is 22.0 Å². The second-order valence-corrected chi connectivity index (χ2v) is 11.9. The zero-order valence-corrected chi connectivity index (χ0v) is 22.8. The molecule has 0 fully saturated rings. The molecular weight excluding hydrogens is 542 g/mol. The maximum absolute atomic E-state index is 12.9. The predicted octanol–water partition coefficient (Wildman–Crippen LogP) is 3.95. The first kappa shape index (κ1) is 28.1. The molecule has 1 atom stereocenters. The number of methoxy groups -OCH3 is 2. The van der Waals surface area contributed by atoms with Crippen LogP contribution in [0.2, 0.25) is 5.02 Å². The Labute approximate surface area is 221 Å². The molecule has 2 N–H and O–H groups in total. The van der Waals surface area contributed by atoms with E-state index < -0.39 is 32.0 Å². The number of hydrogen-bond acceptors (Lipinski definition) is 7. The molecule has 0 saturated heterocycles. The normalized spacial score (nSPS) is 12.4. The SMILES string of the molecule is COc1ccc(OC)c(NS(=O)(=O)c2ccc(NC(=O)C(C)N(c3ccc(Cl)cc3)S(C)(=O)=O)cc2)c1. The van der Waals surface area contributed by atoms with E-state index in [1.807, 2.05) is 0 Å². The van der Waals surface area contributed by atoms with Crippen LogP contribution in [0, 0.1) is 0 Å². The van der Waals surface area contributed by atoms with Gasteiger partial charge in [-0.3, -0.25) is 13.8 Å². The van der Waals surface area contributed by atoms with Gasteiger partial charge in [0.15, 0.2) is 0 Å². The highest BCUT2D eigenvalue weighted by molar-refractivity contribution is 7.92. The van der Waals surface area contributed by atoms with Gasteiger partial charge in [-0.2, -0.15) is 0 Å². The summed E-state index contributed by atoms with van der Waals surface area (Å²) in [5.74, 6) is 0.126. The average molecular weight is 568 g/mol. The van der Waals surface area contributed by atoms with Crippen molar-refractivity contribution in [3.8, 4) is 11.5 Å². The van der Waals surface area contributed by atoms with Crippen molar-refractivity contribution < 1.29 is 31.1 Å². The monoisotopic (exact) mass is 567 g/mol. The van der Waals surface area contributed by atoms with Crippen LogP contribution in [0.25, 0.3) is 0 Å². The molecule has 0 bridgehead atoms. The van der Waals surface area contributed by atoms with Gasteiger partial charge < -0.3 is 14.8 Å². The lowest BCUT2D eigenvalue weighted by molar-refractivity contribution is -0.116. The Morgan fingerprint density at radius 2 is 1.54 bits per heavy atom. The van der Waals surface area contributed by atoms with Crippen LogP contribution in [0.3, 0.4) is 0 Å². The third-order valence-electron chi connectivity index (χ3n) is 5.25. The molecule has 13 heteroatoms. The predicted molar refractivity (Wildman–Crippen MR) is 144 cm³/mol. The number of nitrogens with one attached hydrogen (secondary N) is 2. The van der Waals surface area contributed by atoms with Crippen LogP contribution >= 0.6 is 11.6 Å². The van der Waals surface area contributed by atoms with Crippen LogP contribution in [-0.2, 0) is 24.8 Å². The van der Waals surface area contributed by atoms with Crippen molar-refractivity contribution in [1.29, 1.82) is 0 Å². The highest BCUT2D eigenvalue weighted by Gasteiger charge is 2.29. The largest absolute Gasteiger partial charge is 0.497 e. The van der Waals surface area contributed by atoms with Gasteiger partial charge in [0.25, 0.3) is 10.0 Å². The number of sulfonamides is 2. The molecule has 0 aromatic heterocycles. The molecule has 0 saturated carbocycles. The molecule has 0 aliphatic rings. The van der Waals surface area contributed by atoms with E-state index in [1.165, 1.54) is 75.7 Å². The number of ether oxygens (including phenoxy) is 2. The first-order valence-electron chi connectivity index (χ1n) is 10.8. The molecule has 3 aromatic carbocycles. The number of anilines is 3. The van der Waals surface area contributed by atoms with Crippen LogP contribution in [0.5, 0.6) is 11.5 Å². The molecule has 0 aliphatic carbocycles. The second kappa shape index (κ2) is 11.3. The van der Waals surface area contributed by atoms with E-state index in [1.54, 1.807) is 12.1 Å². The summed E-state index contributed by atoms with van der Waals surface area (Å²) in [7, 11) is -4.94. The van der Waals surface area contributed by atoms with Gasteiger partial charge in [0.2, 0.25) is 15.9 Å². The Bertz CT molecular complexity index is 1480. The number of rotatable bonds is 10. The molecule has 0 heterocycles. The van der Waals surface area contributed by atoms with Gasteiger partial charge in [-0.25, -0.2) is 16.8 Å². The Morgan fingerprint density at radius 3 is 2.08 bits per heavy atom. The van der Waals surface area contributed by atoms with E-state index in [0.29, 0.717) is 16.5 Å². The van der Waals surface area contributed by atoms with E-state index in [4.69, 9.17) is 21.1 Å². The van der Waals surface area contributed by atoms with Crippen molar-refractivity contribution in [2.75, 3.05) is 34.8 Å². The van der Waals surface area contributed by atoms with Crippen LogP contribution in [0.1, 0.15) is 6.92 Å². The molecule has 198 valence electrons. The number of amides is 1. The van der Waals surface area contributed by atoms with Gasteiger partial charge >= 0.3 is 0 Å². The second-order valence-electron chi connectivity index (χ2n) is 7.90. The first-order chi connectivity index (χ1) is 17.4. The molecule has 3 rings (SSSR count). The lowest BCUT2D eigenvalue weighted by atomic mass is 10.2. The number of nitrogens with zero attached hydrogens (tertiary/aromatic N) is 1. The van der Waals surface area contributed by atoms with Crippen LogP contribution in [0.4, 0.5) is 17.1 Å². The minimum Gasteiger partial charge on any atom is -0.497 e. The quantitative estimate of drug-likeness (QED) is 0.379. The topological polar surface area (TPSA) is 131 Å². The zero-order valence-electron chi connectivity index (χ0n) is 20.4. The lowest BCUT2D eigenvalue weighted by Crippen LogP contribution is -2.45. The molecule has 3 aromatic rings. The summed E-state index contributed by atoms with van der Waals surface area (Å²) in [6, 6.07) is 15.0. The lowest BCUT2D eigenvalue weighted by Gasteiger charge is -2.28. The van der Waals surface area contributed by atoms with E-state index in [9.17, 15) is 21.6 Å². The summed E-state index contributed by atoms with van der Waals surface area (Å²) in [5, 5.41) is 3.03. The molecule has 10 nitrogen and oxygen atoms in total. The Hall–Kier alpha value is -3.48. The molecule has 0 spiro atoms. The van der Waals surface area contributed by atoms with Crippen molar-refractivity contribution in [2.24, 2.45) is 0 Å². The van der Waals surface area contributed by atoms with E-state index in [0.717, 1.165) is 10.6 Å². The number of carbonyl (C=O) groups is 1. The van der Waals surface area contributed by atoms with Gasteiger partial charge in [-0.05, 0) is 67.6 Å². The van der Waals surface area contributed by atoms with Crippen molar-refractivity contribution >= 4 is 54.6 Å². The van der Waals surface area contributed by atoms with Crippen molar-refractivity contribution in [1.82, 2.24) is 0 Å². The average Bonchev–Trinajstić information content (AvgIpc) is 2.84. The van der Waals surface area contributed by atoms with Gasteiger partial charge in [0.05, 0.1) is 36.7 Å². The highest BCUT2D eigenvalue weighted by Crippen LogP contribution is 2.31. The van der Waals surface area contributed by atoms with Gasteiger partial charge in [-0.15, -0.1) is 0 Å². The van der Waals surface area contributed by atoms with E-state index >= 15 is 0 Å². The first-order valence-corrected chi connectivity index (χ1v) is 14.5. The maximum atomic E-state index is 12.9. The van der Waals surface area contributed by atoms with Crippen LogP contribution < -0.4 is 23.8 Å². The third kappa shape index (κ3) is 6.85. The standard InChI is InChI=1S/C24H26ClN3O7S2/c1-16(28(36(4,30)31)19-9-5-17(25)6-10-19)24(29)26-18-7-12-21(13-8-18)37(32,33)27-22-15-20(34-2)11-14-23(22)35-3/h5-16,27H,1-4H3,(H,26,29). The fraction of sp³-hybridized carbons (Fsp3) is 0.208. The zero-order chi connectivity index (χ0) is 27.4. The highest BCUT2D eigenvalue weighted by atomic mass is 35.5. The van der Waals surface area contributed by atoms with Crippen molar-refractivity contribution in [3.05, 3.63) is 71.8 Å². The molecule has 0 aliphatic heterocycles. The number of benzene rings is 3. The van der Waals surface area contributed by atoms with Gasteiger partial charge in [0.1, 0.15) is 17.5 Å². The Balaban J connectivity index is 1.78. The van der Waals surface area contributed by atoms with Crippen molar-refractivity contribution in [3.63, 3.8) is 0 Å². The van der Waals surface area contributed by atoms with E-state index in [2.05, 4.69) is 10.0 Å². The number of halogens is 1. The maximum Gasteiger partial charge on any atom is 0.262 e. The number of hydrogen-bond donors (Lipinski definition) is 2. The van der Waals surface area contributed by atoms with Crippen molar-refractivity contribution in [2.45, 2.75) is 17.9 Å².